The fourth-order valence-corrected chi connectivity index (χ4v) is 8.63. The number of anilines is 1. The number of amides is 2. The van der Waals surface area contributed by atoms with E-state index >= 15 is 0 Å². The van der Waals surface area contributed by atoms with E-state index in [1.165, 1.54) is 0 Å². The van der Waals surface area contributed by atoms with E-state index < -0.39 is 57.8 Å². The SMILES string of the molecule is NC(=O)C12CC3CC(C1)C(NC(=O)CN1CCCN(c4c(F)c(F)cc(F)c4F)S1(O)O)C(C3)C2. The van der Waals surface area contributed by atoms with E-state index in [4.69, 9.17) is 5.73 Å². The van der Waals surface area contributed by atoms with Crippen LogP contribution >= 0.6 is 11.0 Å². The third-order valence-electron chi connectivity index (χ3n) is 8.19. The molecule has 4 saturated carbocycles. The molecule has 194 valence electrons. The quantitative estimate of drug-likeness (QED) is 0.350. The van der Waals surface area contributed by atoms with Gasteiger partial charge in [0, 0.05) is 30.6 Å². The summed E-state index contributed by atoms with van der Waals surface area (Å²) in [4.78, 5) is 25.1. The minimum Gasteiger partial charge on any atom is -0.369 e. The predicted molar refractivity (Wildman–Crippen MR) is 120 cm³/mol. The first-order valence-corrected chi connectivity index (χ1v) is 13.1. The topological polar surface area (TPSA) is 119 Å². The number of nitrogens with two attached hydrogens (primary N) is 1. The van der Waals surface area contributed by atoms with Crippen molar-refractivity contribution in [1.82, 2.24) is 9.62 Å². The molecule has 0 radical (unpaired) electrons. The maximum atomic E-state index is 14.4. The number of carbonyl (C=O) groups excluding carboxylic acids is 2. The van der Waals surface area contributed by atoms with Crippen LogP contribution in [0.25, 0.3) is 0 Å². The number of hydrogen-bond acceptors (Lipinski definition) is 6. The summed E-state index contributed by atoms with van der Waals surface area (Å²) in [7, 11) is -4.14. The first-order chi connectivity index (χ1) is 16.4. The van der Waals surface area contributed by atoms with Crippen LogP contribution in [0.3, 0.4) is 0 Å². The fourth-order valence-electron chi connectivity index (χ4n) is 6.91. The van der Waals surface area contributed by atoms with Crippen molar-refractivity contribution in [1.29, 1.82) is 0 Å². The maximum absolute atomic E-state index is 14.4. The van der Waals surface area contributed by atoms with Crippen molar-refractivity contribution in [2.75, 3.05) is 23.9 Å². The molecule has 4 aliphatic carbocycles. The molecule has 2 unspecified atom stereocenters. The summed E-state index contributed by atoms with van der Waals surface area (Å²) in [6, 6.07) is -0.135. The van der Waals surface area contributed by atoms with Crippen LogP contribution in [0.2, 0.25) is 0 Å². The Balaban J connectivity index is 1.31. The van der Waals surface area contributed by atoms with Crippen LogP contribution < -0.4 is 15.4 Å². The molecule has 4 bridgehead atoms. The smallest absolute Gasteiger partial charge is 0.236 e. The zero-order valence-electron chi connectivity index (χ0n) is 18.9. The van der Waals surface area contributed by atoms with Gasteiger partial charge < -0.3 is 11.1 Å². The van der Waals surface area contributed by atoms with Crippen LogP contribution in [-0.4, -0.2) is 50.9 Å². The monoisotopic (exact) mass is 520 g/mol. The second-order valence-corrected chi connectivity index (χ2v) is 12.3. The number of rotatable bonds is 5. The minimum atomic E-state index is -4.14. The van der Waals surface area contributed by atoms with Crippen molar-refractivity contribution in [2.24, 2.45) is 28.9 Å². The van der Waals surface area contributed by atoms with Gasteiger partial charge in [-0.15, -0.1) is 0 Å². The molecule has 2 atom stereocenters. The molecular weight excluding hydrogens is 492 g/mol. The maximum Gasteiger partial charge on any atom is 0.236 e. The van der Waals surface area contributed by atoms with Gasteiger partial charge in [-0.2, -0.15) is 4.31 Å². The number of primary amides is 1. The summed E-state index contributed by atoms with van der Waals surface area (Å²) < 4.78 is 79.3. The van der Waals surface area contributed by atoms with Crippen molar-refractivity contribution in [2.45, 2.75) is 44.6 Å². The molecule has 5 N–H and O–H groups in total. The highest BCUT2D eigenvalue weighted by molar-refractivity contribution is 8.23. The third kappa shape index (κ3) is 3.96. The molecule has 1 heterocycles. The normalized spacial score (nSPS) is 34.6. The Morgan fingerprint density at radius 1 is 1.06 bits per heavy atom. The second kappa shape index (κ2) is 8.49. The Labute approximate surface area is 201 Å². The molecule has 1 saturated heterocycles. The summed E-state index contributed by atoms with van der Waals surface area (Å²) in [6.45, 7) is -0.738. The Morgan fingerprint density at radius 3 is 2.23 bits per heavy atom. The highest BCUT2D eigenvalue weighted by Gasteiger charge is 2.58. The third-order valence-corrected chi connectivity index (χ3v) is 10.2. The van der Waals surface area contributed by atoms with E-state index in [1.54, 1.807) is 0 Å². The van der Waals surface area contributed by atoms with Crippen molar-refractivity contribution in [3.05, 3.63) is 29.3 Å². The van der Waals surface area contributed by atoms with Gasteiger partial charge in [0.1, 0.15) is 5.69 Å². The molecule has 5 aliphatic rings. The van der Waals surface area contributed by atoms with Gasteiger partial charge in [-0.3, -0.25) is 23.0 Å². The lowest BCUT2D eigenvalue weighted by Gasteiger charge is -2.59. The van der Waals surface area contributed by atoms with Crippen molar-refractivity contribution < 1.29 is 36.3 Å². The lowest BCUT2D eigenvalue weighted by Crippen LogP contribution is -2.62. The number of nitrogens with one attached hydrogen (secondary N) is 1. The molecule has 1 aromatic rings. The Hall–Kier alpha value is -2.09. The first-order valence-electron chi connectivity index (χ1n) is 11.7. The Kier molecular flexibility index (Phi) is 5.97. The van der Waals surface area contributed by atoms with Crippen LogP contribution in [0, 0.1) is 46.4 Å². The first kappa shape index (κ1) is 24.6. The van der Waals surface area contributed by atoms with E-state index in [1.807, 2.05) is 0 Å². The molecule has 5 fully saturated rings. The van der Waals surface area contributed by atoms with E-state index in [2.05, 4.69) is 5.32 Å². The Morgan fingerprint density at radius 2 is 1.66 bits per heavy atom. The molecule has 0 spiro atoms. The summed E-state index contributed by atoms with van der Waals surface area (Å²) in [5.41, 5.74) is 3.97. The van der Waals surface area contributed by atoms with Crippen LogP contribution in [0.5, 0.6) is 0 Å². The van der Waals surface area contributed by atoms with Crippen LogP contribution in [0.4, 0.5) is 23.2 Å². The fraction of sp³-hybridized carbons (Fsp3) is 0.636. The molecule has 6 rings (SSSR count). The van der Waals surface area contributed by atoms with Crippen LogP contribution in [-0.2, 0) is 9.59 Å². The number of hydrogen-bond donors (Lipinski definition) is 4. The summed E-state index contributed by atoms with van der Waals surface area (Å²) in [5, 5.41) is 2.97. The van der Waals surface area contributed by atoms with E-state index in [0.717, 1.165) is 23.6 Å². The standard InChI is InChI=1S/C22H28F4N4O4S/c23-14-6-15(24)18(26)20(17(14)25)30-3-1-2-29(35(30,33)34)10-16(31)28-19-12-4-11-5-13(19)9-22(7-11,8-12)21(27)32/h6,11-13,19,33-34H,1-5,7-10H2,(H2,27,32)(H,28,31). The highest BCUT2D eigenvalue weighted by Crippen LogP contribution is 2.60. The second-order valence-electron chi connectivity index (χ2n) is 10.3. The summed E-state index contributed by atoms with van der Waals surface area (Å²) in [5.74, 6) is -7.05. The lowest BCUT2D eigenvalue weighted by molar-refractivity contribution is -0.147. The average Bonchev–Trinajstić information content (AvgIpc) is 2.77. The van der Waals surface area contributed by atoms with Gasteiger partial charge in [0.05, 0.1) is 6.54 Å². The molecule has 35 heavy (non-hydrogen) atoms. The molecule has 1 aliphatic heterocycles. The number of nitrogens with zero attached hydrogens (tertiary/aromatic N) is 2. The molecule has 0 aromatic heterocycles. The van der Waals surface area contributed by atoms with Gasteiger partial charge >= 0.3 is 0 Å². The van der Waals surface area contributed by atoms with Crippen molar-refractivity contribution >= 4 is 28.5 Å². The zero-order chi connectivity index (χ0) is 25.3. The highest BCUT2D eigenvalue weighted by atomic mass is 32.3. The van der Waals surface area contributed by atoms with E-state index in [9.17, 15) is 36.3 Å². The summed E-state index contributed by atoms with van der Waals surface area (Å²) >= 11 is 0. The van der Waals surface area contributed by atoms with E-state index in [0.29, 0.717) is 23.1 Å². The van der Waals surface area contributed by atoms with Crippen molar-refractivity contribution in [3.63, 3.8) is 0 Å². The van der Waals surface area contributed by atoms with Gasteiger partial charge in [-0.1, -0.05) is 0 Å². The summed E-state index contributed by atoms with van der Waals surface area (Å²) in [6.07, 6.45) is 3.93. The van der Waals surface area contributed by atoms with Crippen LogP contribution in [0.1, 0.15) is 38.5 Å². The molecule has 8 nitrogen and oxygen atoms in total. The molecular formula is C22H28F4N4O4S. The average molecular weight is 521 g/mol. The molecule has 13 heteroatoms. The van der Waals surface area contributed by atoms with Crippen LogP contribution in [0.15, 0.2) is 6.07 Å². The predicted octanol–water partition coefficient (Wildman–Crippen LogP) is 3.13. The lowest BCUT2D eigenvalue weighted by atomic mass is 9.47. The zero-order valence-corrected chi connectivity index (χ0v) is 19.7. The van der Waals surface area contributed by atoms with Gasteiger partial charge in [-0.05, 0) is 67.2 Å². The van der Waals surface area contributed by atoms with Gasteiger partial charge in [-0.25, -0.2) is 17.6 Å². The van der Waals surface area contributed by atoms with Gasteiger partial charge in [0.25, 0.3) is 0 Å². The van der Waals surface area contributed by atoms with Gasteiger partial charge in [0.15, 0.2) is 23.3 Å². The van der Waals surface area contributed by atoms with Gasteiger partial charge in [0.2, 0.25) is 11.8 Å². The molecule has 2 amide bonds. The largest absolute Gasteiger partial charge is 0.369 e. The van der Waals surface area contributed by atoms with Crippen molar-refractivity contribution in [3.8, 4) is 0 Å². The number of carbonyl (C=O) groups is 2. The van der Waals surface area contributed by atoms with E-state index in [-0.39, 0.29) is 49.4 Å². The Bertz CT molecular complexity index is 1030. The number of benzene rings is 1. The molecule has 1 aromatic carbocycles. The minimum absolute atomic E-state index is 0.0255. The number of halogens is 4.